The van der Waals surface area contributed by atoms with Crippen molar-refractivity contribution < 1.29 is 9.53 Å². The molecule has 18 heavy (non-hydrogen) atoms. The molecule has 106 valence electrons. The summed E-state index contributed by atoms with van der Waals surface area (Å²) in [5.74, 6) is 0.415. The van der Waals surface area contributed by atoms with Crippen molar-refractivity contribution in [1.29, 1.82) is 0 Å². The third-order valence-corrected chi connectivity index (χ3v) is 3.91. The molecule has 0 aromatic rings. The van der Waals surface area contributed by atoms with E-state index in [1.165, 1.54) is 12.8 Å². The molecule has 0 heterocycles. The van der Waals surface area contributed by atoms with Gasteiger partial charge < -0.3 is 15.4 Å². The zero-order valence-corrected chi connectivity index (χ0v) is 12.1. The molecule has 4 nitrogen and oxygen atoms in total. The van der Waals surface area contributed by atoms with E-state index in [1.807, 2.05) is 0 Å². The lowest BCUT2D eigenvalue weighted by atomic mass is 9.68. The van der Waals surface area contributed by atoms with Gasteiger partial charge in [0.05, 0.1) is 6.61 Å². The van der Waals surface area contributed by atoms with Gasteiger partial charge in [-0.15, -0.1) is 0 Å². The fourth-order valence-corrected chi connectivity index (χ4v) is 2.68. The van der Waals surface area contributed by atoms with Crippen molar-refractivity contribution in [3.05, 3.63) is 0 Å². The lowest BCUT2D eigenvalue weighted by Gasteiger charge is -2.37. The summed E-state index contributed by atoms with van der Waals surface area (Å²) in [5.41, 5.74) is 0.159. The highest BCUT2D eigenvalue weighted by molar-refractivity contribution is 5.79. The summed E-state index contributed by atoms with van der Waals surface area (Å²) >= 11 is 0. The summed E-state index contributed by atoms with van der Waals surface area (Å²) in [7, 11) is 1.69. The molecule has 1 aliphatic carbocycles. The van der Waals surface area contributed by atoms with Crippen molar-refractivity contribution >= 4 is 5.91 Å². The highest BCUT2D eigenvalue weighted by atomic mass is 16.5. The Balaban J connectivity index is 2.19. The van der Waals surface area contributed by atoms with Crippen molar-refractivity contribution in [1.82, 2.24) is 10.6 Å². The molecular weight excluding hydrogens is 228 g/mol. The van der Waals surface area contributed by atoms with Gasteiger partial charge in [-0.2, -0.15) is 0 Å². The van der Waals surface area contributed by atoms with Gasteiger partial charge in [0.25, 0.3) is 0 Å². The standard InChI is InChI=1S/C14H28N2O2/c1-14(2)7-5-4-6-12(14)13(17)16-9-8-15-10-11-18-3/h12,15H,4-11H2,1-3H3,(H,16,17). The molecule has 0 saturated heterocycles. The van der Waals surface area contributed by atoms with E-state index in [2.05, 4.69) is 24.5 Å². The minimum atomic E-state index is 0.159. The number of rotatable bonds is 7. The zero-order chi connectivity index (χ0) is 13.4. The van der Waals surface area contributed by atoms with E-state index in [0.717, 1.165) is 25.9 Å². The molecule has 0 bridgehead atoms. The van der Waals surface area contributed by atoms with Crippen LogP contribution in [0.15, 0.2) is 0 Å². The topological polar surface area (TPSA) is 50.4 Å². The number of hydrogen-bond donors (Lipinski definition) is 2. The van der Waals surface area contributed by atoms with Gasteiger partial charge in [0, 0.05) is 32.7 Å². The Kier molecular flexibility index (Phi) is 6.65. The van der Waals surface area contributed by atoms with Crippen LogP contribution < -0.4 is 10.6 Å². The predicted molar refractivity (Wildman–Crippen MR) is 73.5 cm³/mol. The third-order valence-electron chi connectivity index (χ3n) is 3.91. The van der Waals surface area contributed by atoms with Gasteiger partial charge in [-0.3, -0.25) is 4.79 Å². The molecule has 1 atom stereocenters. The highest BCUT2D eigenvalue weighted by Gasteiger charge is 2.36. The van der Waals surface area contributed by atoms with Gasteiger partial charge in [0.1, 0.15) is 0 Å². The smallest absolute Gasteiger partial charge is 0.223 e. The normalized spacial score (nSPS) is 22.7. The molecule has 1 fully saturated rings. The molecule has 0 radical (unpaired) electrons. The number of nitrogens with one attached hydrogen (secondary N) is 2. The van der Waals surface area contributed by atoms with E-state index in [1.54, 1.807) is 7.11 Å². The number of ether oxygens (including phenoxy) is 1. The molecule has 0 aromatic carbocycles. The third kappa shape index (κ3) is 4.94. The van der Waals surface area contributed by atoms with Gasteiger partial charge in [-0.05, 0) is 18.3 Å². The summed E-state index contributed by atoms with van der Waals surface area (Å²) in [5, 5.41) is 6.27. The minimum Gasteiger partial charge on any atom is -0.383 e. The van der Waals surface area contributed by atoms with Crippen molar-refractivity contribution in [3.63, 3.8) is 0 Å². The van der Waals surface area contributed by atoms with Gasteiger partial charge >= 0.3 is 0 Å². The van der Waals surface area contributed by atoms with Crippen LogP contribution in [0.25, 0.3) is 0 Å². The SMILES string of the molecule is COCCNCCNC(=O)C1CCCCC1(C)C. The summed E-state index contributed by atoms with van der Waals surface area (Å²) < 4.78 is 4.94. The molecule has 1 rings (SSSR count). The van der Waals surface area contributed by atoms with Crippen LogP contribution in [0.1, 0.15) is 39.5 Å². The number of carbonyl (C=O) groups excluding carboxylic acids is 1. The van der Waals surface area contributed by atoms with Crippen molar-refractivity contribution in [2.24, 2.45) is 11.3 Å². The molecular formula is C14H28N2O2. The summed E-state index contributed by atoms with van der Waals surface area (Å²) in [6.45, 7) is 7.49. The molecule has 4 heteroatoms. The quantitative estimate of drug-likeness (QED) is 0.680. The first-order chi connectivity index (χ1) is 8.58. The largest absolute Gasteiger partial charge is 0.383 e. The monoisotopic (exact) mass is 256 g/mol. The maximum atomic E-state index is 12.1. The maximum Gasteiger partial charge on any atom is 0.223 e. The molecule has 1 unspecified atom stereocenters. The van der Waals surface area contributed by atoms with E-state index in [-0.39, 0.29) is 17.2 Å². The summed E-state index contributed by atoms with van der Waals surface area (Å²) in [4.78, 5) is 12.1. The van der Waals surface area contributed by atoms with Crippen LogP contribution in [0.5, 0.6) is 0 Å². The van der Waals surface area contributed by atoms with E-state index >= 15 is 0 Å². The van der Waals surface area contributed by atoms with E-state index in [9.17, 15) is 4.79 Å². The number of amides is 1. The Labute approximate surface area is 111 Å². The van der Waals surface area contributed by atoms with Crippen LogP contribution in [0.3, 0.4) is 0 Å². The number of hydrogen-bond acceptors (Lipinski definition) is 3. The van der Waals surface area contributed by atoms with Crippen LogP contribution in [0.4, 0.5) is 0 Å². The van der Waals surface area contributed by atoms with Crippen LogP contribution in [0.2, 0.25) is 0 Å². The molecule has 1 saturated carbocycles. The van der Waals surface area contributed by atoms with Crippen molar-refractivity contribution in [2.45, 2.75) is 39.5 Å². The van der Waals surface area contributed by atoms with Crippen molar-refractivity contribution in [2.75, 3.05) is 33.4 Å². The predicted octanol–water partition coefficient (Wildman–Crippen LogP) is 1.55. The lowest BCUT2D eigenvalue weighted by Crippen LogP contribution is -2.43. The molecule has 0 aromatic heterocycles. The Bertz CT molecular complexity index is 254. The van der Waals surface area contributed by atoms with Gasteiger partial charge in [-0.1, -0.05) is 26.7 Å². The molecule has 0 aliphatic heterocycles. The van der Waals surface area contributed by atoms with E-state index in [4.69, 9.17) is 4.74 Å². The first-order valence-corrected chi connectivity index (χ1v) is 7.05. The first kappa shape index (κ1) is 15.4. The zero-order valence-electron chi connectivity index (χ0n) is 12.1. The van der Waals surface area contributed by atoms with Crippen LogP contribution in [-0.4, -0.2) is 39.3 Å². The van der Waals surface area contributed by atoms with E-state index in [0.29, 0.717) is 13.2 Å². The van der Waals surface area contributed by atoms with Gasteiger partial charge in [-0.25, -0.2) is 0 Å². The summed E-state index contributed by atoms with van der Waals surface area (Å²) in [6, 6.07) is 0. The summed E-state index contributed by atoms with van der Waals surface area (Å²) in [6.07, 6.45) is 4.65. The maximum absolute atomic E-state index is 12.1. The second kappa shape index (κ2) is 7.74. The second-order valence-electron chi connectivity index (χ2n) is 5.82. The number of carbonyl (C=O) groups is 1. The fraction of sp³-hybridized carbons (Fsp3) is 0.929. The fourth-order valence-electron chi connectivity index (χ4n) is 2.68. The van der Waals surface area contributed by atoms with E-state index < -0.39 is 0 Å². The molecule has 0 spiro atoms. The highest BCUT2D eigenvalue weighted by Crippen LogP contribution is 2.40. The minimum absolute atomic E-state index is 0.159. The van der Waals surface area contributed by atoms with Crippen LogP contribution >= 0.6 is 0 Å². The number of methoxy groups -OCH3 is 1. The van der Waals surface area contributed by atoms with Gasteiger partial charge in [0.15, 0.2) is 0 Å². The van der Waals surface area contributed by atoms with Gasteiger partial charge in [0.2, 0.25) is 5.91 Å². The molecule has 2 N–H and O–H groups in total. The Hall–Kier alpha value is -0.610. The average Bonchev–Trinajstić information content (AvgIpc) is 2.32. The molecule has 1 aliphatic rings. The first-order valence-electron chi connectivity index (χ1n) is 7.05. The second-order valence-corrected chi connectivity index (χ2v) is 5.82. The van der Waals surface area contributed by atoms with Crippen LogP contribution in [0, 0.1) is 11.3 Å². The Morgan fingerprint density at radius 1 is 1.28 bits per heavy atom. The Morgan fingerprint density at radius 3 is 2.72 bits per heavy atom. The Morgan fingerprint density at radius 2 is 2.06 bits per heavy atom. The van der Waals surface area contributed by atoms with Crippen LogP contribution in [-0.2, 0) is 9.53 Å². The average molecular weight is 256 g/mol. The van der Waals surface area contributed by atoms with Crippen molar-refractivity contribution in [3.8, 4) is 0 Å². The molecule has 1 amide bonds. The lowest BCUT2D eigenvalue weighted by molar-refractivity contribution is -0.130.